The van der Waals surface area contributed by atoms with Crippen molar-refractivity contribution < 1.29 is 9.53 Å². The number of nitrogens with two attached hydrogens (primary N) is 1. The first-order chi connectivity index (χ1) is 8.08. The average Bonchev–Trinajstić information content (AvgIpc) is 2.26. The van der Waals surface area contributed by atoms with Gasteiger partial charge in [-0.2, -0.15) is 0 Å². The summed E-state index contributed by atoms with van der Waals surface area (Å²) in [5.74, 6) is 0.803. The van der Waals surface area contributed by atoms with Crippen LogP contribution in [-0.4, -0.2) is 19.6 Å². The third-order valence-electron chi connectivity index (χ3n) is 2.55. The van der Waals surface area contributed by atoms with E-state index in [1.165, 1.54) is 0 Å². The van der Waals surface area contributed by atoms with E-state index in [-0.39, 0.29) is 5.91 Å². The molecule has 1 amide bonds. The van der Waals surface area contributed by atoms with Gasteiger partial charge in [0.25, 0.3) is 0 Å². The van der Waals surface area contributed by atoms with Crippen molar-refractivity contribution >= 4 is 5.91 Å². The number of hydrogen-bond donors (Lipinski definition) is 2. The van der Waals surface area contributed by atoms with Crippen molar-refractivity contribution in [2.24, 2.45) is 5.73 Å². The Morgan fingerprint density at radius 1 is 1.41 bits per heavy atom. The van der Waals surface area contributed by atoms with Crippen molar-refractivity contribution in [3.05, 3.63) is 28.8 Å². The number of methoxy groups -OCH3 is 1. The molecule has 0 aliphatic rings. The summed E-state index contributed by atoms with van der Waals surface area (Å²) in [5, 5.41) is 2.83. The molecule has 4 heteroatoms. The van der Waals surface area contributed by atoms with Crippen LogP contribution in [0.4, 0.5) is 0 Å². The lowest BCUT2D eigenvalue weighted by molar-refractivity contribution is -0.121. The second kappa shape index (κ2) is 6.25. The van der Waals surface area contributed by atoms with Gasteiger partial charge in [0.2, 0.25) is 5.91 Å². The maximum absolute atomic E-state index is 11.4. The topological polar surface area (TPSA) is 64.3 Å². The molecule has 1 aromatic carbocycles. The molecule has 0 radical (unpaired) electrons. The second-order valence-electron chi connectivity index (χ2n) is 4.09. The fourth-order valence-electron chi connectivity index (χ4n) is 1.88. The van der Waals surface area contributed by atoms with Crippen molar-refractivity contribution in [1.82, 2.24) is 5.32 Å². The predicted molar refractivity (Wildman–Crippen MR) is 68.0 cm³/mol. The molecular weight excluding hydrogens is 216 g/mol. The van der Waals surface area contributed by atoms with Gasteiger partial charge in [-0.15, -0.1) is 0 Å². The van der Waals surface area contributed by atoms with Gasteiger partial charge in [-0.1, -0.05) is 17.7 Å². The third-order valence-corrected chi connectivity index (χ3v) is 2.55. The van der Waals surface area contributed by atoms with Gasteiger partial charge in [0.1, 0.15) is 5.75 Å². The van der Waals surface area contributed by atoms with Crippen molar-refractivity contribution in [3.63, 3.8) is 0 Å². The summed E-state index contributed by atoms with van der Waals surface area (Å²) in [6, 6.07) is 4.08. The Bertz CT molecular complexity index is 403. The summed E-state index contributed by atoms with van der Waals surface area (Å²) >= 11 is 0. The normalized spacial score (nSPS) is 10.1. The smallest absolute Gasteiger partial charge is 0.221 e. The second-order valence-corrected chi connectivity index (χ2v) is 4.09. The Labute approximate surface area is 102 Å². The van der Waals surface area contributed by atoms with Crippen LogP contribution in [0.3, 0.4) is 0 Å². The SMILES string of the molecule is COc1c(C)cc(C)cc1CNC(=O)CCN. The lowest BCUT2D eigenvalue weighted by Crippen LogP contribution is -2.25. The molecule has 3 N–H and O–H groups in total. The van der Waals surface area contributed by atoms with E-state index < -0.39 is 0 Å². The van der Waals surface area contributed by atoms with Crippen molar-refractivity contribution in [3.8, 4) is 5.75 Å². The van der Waals surface area contributed by atoms with Crippen LogP contribution < -0.4 is 15.8 Å². The summed E-state index contributed by atoms with van der Waals surface area (Å²) in [6.45, 7) is 4.87. The third kappa shape index (κ3) is 3.75. The molecular formula is C13H20N2O2. The molecule has 4 nitrogen and oxygen atoms in total. The lowest BCUT2D eigenvalue weighted by atomic mass is 10.1. The van der Waals surface area contributed by atoms with Gasteiger partial charge < -0.3 is 15.8 Å². The zero-order valence-electron chi connectivity index (χ0n) is 10.7. The van der Waals surface area contributed by atoms with Crippen LogP contribution >= 0.6 is 0 Å². The Balaban J connectivity index is 2.79. The number of carbonyl (C=O) groups is 1. The lowest BCUT2D eigenvalue weighted by Gasteiger charge is -2.13. The molecule has 0 heterocycles. The summed E-state index contributed by atoms with van der Waals surface area (Å²) in [5.41, 5.74) is 8.55. The first kappa shape index (κ1) is 13.5. The zero-order chi connectivity index (χ0) is 12.8. The zero-order valence-corrected chi connectivity index (χ0v) is 10.7. The highest BCUT2D eigenvalue weighted by Gasteiger charge is 2.08. The van der Waals surface area contributed by atoms with Gasteiger partial charge >= 0.3 is 0 Å². The number of aryl methyl sites for hydroxylation is 2. The van der Waals surface area contributed by atoms with E-state index >= 15 is 0 Å². The molecule has 0 saturated carbocycles. The van der Waals surface area contributed by atoms with Gasteiger partial charge in [-0.05, 0) is 19.4 Å². The van der Waals surface area contributed by atoms with E-state index in [0.29, 0.717) is 19.5 Å². The predicted octanol–water partition coefficient (Wildman–Crippen LogP) is 1.28. The monoisotopic (exact) mass is 236 g/mol. The van der Waals surface area contributed by atoms with Crippen LogP contribution in [0.15, 0.2) is 12.1 Å². The van der Waals surface area contributed by atoms with Gasteiger partial charge in [0.15, 0.2) is 0 Å². The number of nitrogens with one attached hydrogen (secondary N) is 1. The van der Waals surface area contributed by atoms with E-state index in [1.807, 2.05) is 19.9 Å². The Morgan fingerprint density at radius 3 is 2.71 bits per heavy atom. The van der Waals surface area contributed by atoms with Crippen LogP contribution in [0.5, 0.6) is 5.75 Å². The number of carbonyl (C=O) groups excluding carboxylic acids is 1. The maximum Gasteiger partial charge on any atom is 0.221 e. The number of benzene rings is 1. The fraction of sp³-hybridized carbons (Fsp3) is 0.462. The average molecular weight is 236 g/mol. The van der Waals surface area contributed by atoms with E-state index in [4.69, 9.17) is 10.5 Å². The molecule has 0 bridgehead atoms. The molecule has 0 saturated heterocycles. The van der Waals surface area contributed by atoms with Crippen molar-refractivity contribution in [2.45, 2.75) is 26.8 Å². The van der Waals surface area contributed by atoms with E-state index in [1.54, 1.807) is 7.11 Å². The number of amides is 1. The highest BCUT2D eigenvalue weighted by atomic mass is 16.5. The number of rotatable bonds is 5. The van der Waals surface area contributed by atoms with Crippen molar-refractivity contribution in [2.75, 3.05) is 13.7 Å². The molecule has 0 atom stereocenters. The molecule has 0 unspecified atom stereocenters. The van der Waals surface area contributed by atoms with Crippen LogP contribution in [0.2, 0.25) is 0 Å². The quantitative estimate of drug-likeness (QED) is 0.809. The summed E-state index contributed by atoms with van der Waals surface area (Å²) in [4.78, 5) is 11.4. The first-order valence-corrected chi connectivity index (χ1v) is 5.69. The van der Waals surface area contributed by atoms with E-state index in [0.717, 1.165) is 22.4 Å². The molecule has 0 aromatic heterocycles. The molecule has 0 fully saturated rings. The van der Waals surface area contributed by atoms with Gasteiger partial charge in [-0.3, -0.25) is 4.79 Å². The van der Waals surface area contributed by atoms with E-state index in [9.17, 15) is 4.79 Å². The first-order valence-electron chi connectivity index (χ1n) is 5.69. The molecule has 94 valence electrons. The maximum atomic E-state index is 11.4. The molecule has 0 aliphatic heterocycles. The minimum Gasteiger partial charge on any atom is -0.496 e. The van der Waals surface area contributed by atoms with Crippen molar-refractivity contribution in [1.29, 1.82) is 0 Å². The Kier molecular flexibility index (Phi) is 4.97. The highest BCUT2D eigenvalue weighted by Crippen LogP contribution is 2.24. The van der Waals surface area contributed by atoms with Crippen LogP contribution in [0.25, 0.3) is 0 Å². The Hall–Kier alpha value is -1.55. The highest BCUT2D eigenvalue weighted by molar-refractivity contribution is 5.76. The number of ether oxygens (including phenoxy) is 1. The standard InChI is InChI=1S/C13H20N2O2/c1-9-6-10(2)13(17-3)11(7-9)8-15-12(16)4-5-14/h6-7H,4-5,8,14H2,1-3H3,(H,15,16). The molecule has 0 aliphatic carbocycles. The fourth-order valence-corrected chi connectivity index (χ4v) is 1.88. The molecule has 1 rings (SSSR count). The molecule has 1 aromatic rings. The van der Waals surface area contributed by atoms with Gasteiger partial charge in [-0.25, -0.2) is 0 Å². The van der Waals surface area contributed by atoms with E-state index in [2.05, 4.69) is 11.4 Å². The summed E-state index contributed by atoms with van der Waals surface area (Å²) in [6.07, 6.45) is 0.354. The Morgan fingerprint density at radius 2 is 2.12 bits per heavy atom. The van der Waals surface area contributed by atoms with Gasteiger partial charge in [0.05, 0.1) is 7.11 Å². The van der Waals surface area contributed by atoms with Gasteiger partial charge in [0, 0.05) is 25.1 Å². The summed E-state index contributed by atoms with van der Waals surface area (Å²) in [7, 11) is 1.64. The molecule has 17 heavy (non-hydrogen) atoms. The molecule has 0 spiro atoms. The van der Waals surface area contributed by atoms with Crippen LogP contribution in [-0.2, 0) is 11.3 Å². The summed E-state index contributed by atoms with van der Waals surface area (Å²) < 4.78 is 5.35. The minimum atomic E-state index is -0.0336. The largest absolute Gasteiger partial charge is 0.496 e. The minimum absolute atomic E-state index is 0.0336. The van der Waals surface area contributed by atoms with Crippen LogP contribution in [0.1, 0.15) is 23.1 Å². The number of hydrogen-bond acceptors (Lipinski definition) is 3. The van der Waals surface area contributed by atoms with Crippen LogP contribution in [0, 0.1) is 13.8 Å².